The fourth-order valence-electron chi connectivity index (χ4n) is 1.17. The SMILES string of the molecule is Nc1nc2ccccc2nc1NS(=O)O. The molecule has 1 atom stereocenters. The number of rotatable bonds is 2. The molecule has 15 heavy (non-hydrogen) atoms. The number of nitrogens with one attached hydrogen (secondary N) is 1. The van der Waals surface area contributed by atoms with Crippen LogP contribution in [0, 0.1) is 0 Å². The molecule has 78 valence electrons. The molecule has 1 heterocycles. The summed E-state index contributed by atoms with van der Waals surface area (Å²) in [5.74, 6) is 0.200. The van der Waals surface area contributed by atoms with Crippen LogP contribution in [0.15, 0.2) is 24.3 Å². The highest BCUT2D eigenvalue weighted by molar-refractivity contribution is 7.80. The number of anilines is 2. The van der Waals surface area contributed by atoms with Gasteiger partial charge < -0.3 is 5.73 Å². The molecular weight excluding hydrogens is 216 g/mol. The summed E-state index contributed by atoms with van der Waals surface area (Å²) >= 11 is -2.20. The van der Waals surface area contributed by atoms with E-state index in [1.165, 1.54) is 0 Å². The zero-order valence-corrected chi connectivity index (χ0v) is 8.36. The molecule has 0 aliphatic heterocycles. The largest absolute Gasteiger partial charge is 0.381 e. The third kappa shape index (κ3) is 2.03. The van der Waals surface area contributed by atoms with E-state index in [4.69, 9.17) is 10.3 Å². The van der Waals surface area contributed by atoms with Crippen LogP contribution in [-0.2, 0) is 11.3 Å². The minimum Gasteiger partial charge on any atom is -0.381 e. The Balaban J connectivity index is 2.56. The Bertz CT molecular complexity index is 531. The van der Waals surface area contributed by atoms with E-state index < -0.39 is 11.3 Å². The van der Waals surface area contributed by atoms with Crippen LogP contribution in [0.3, 0.4) is 0 Å². The van der Waals surface area contributed by atoms with E-state index in [0.717, 1.165) is 0 Å². The second-order valence-corrected chi connectivity index (χ2v) is 3.50. The number of nitrogen functional groups attached to an aromatic ring is 1. The van der Waals surface area contributed by atoms with Gasteiger partial charge in [-0.05, 0) is 12.1 Å². The van der Waals surface area contributed by atoms with Gasteiger partial charge in [0.2, 0.25) is 0 Å². The molecule has 1 aromatic carbocycles. The Morgan fingerprint density at radius 2 is 1.87 bits per heavy atom. The highest BCUT2D eigenvalue weighted by Gasteiger charge is 2.06. The maximum Gasteiger partial charge on any atom is 0.260 e. The lowest BCUT2D eigenvalue weighted by Crippen LogP contribution is -2.08. The van der Waals surface area contributed by atoms with Crippen molar-refractivity contribution in [2.45, 2.75) is 0 Å². The third-order valence-electron chi connectivity index (χ3n) is 1.78. The minimum atomic E-state index is -2.20. The summed E-state index contributed by atoms with van der Waals surface area (Å²) in [6.45, 7) is 0. The Kier molecular flexibility index (Phi) is 2.48. The number of para-hydroxylation sites is 2. The van der Waals surface area contributed by atoms with Crippen LogP contribution >= 0.6 is 0 Å². The second-order valence-electron chi connectivity index (χ2n) is 2.80. The first-order chi connectivity index (χ1) is 7.16. The fraction of sp³-hybridized carbons (Fsp3) is 0. The van der Waals surface area contributed by atoms with Crippen LogP contribution in [0.25, 0.3) is 11.0 Å². The standard InChI is InChI=1S/C8H8N4O2S/c9-7-8(12-15(13)14)11-6-4-2-1-3-5(6)10-7/h1-4H,(H2,9,10)(H,11,12)(H,13,14). The molecule has 0 saturated heterocycles. The maximum atomic E-state index is 10.5. The van der Waals surface area contributed by atoms with Crippen LogP contribution in [0.1, 0.15) is 0 Å². The normalized spacial score (nSPS) is 12.6. The summed E-state index contributed by atoms with van der Waals surface area (Å²) in [6, 6.07) is 7.12. The lowest BCUT2D eigenvalue weighted by atomic mass is 10.3. The molecule has 0 radical (unpaired) electrons. The van der Waals surface area contributed by atoms with Crippen molar-refractivity contribution in [3.63, 3.8) is 0 Å². The van der Waals surface area contributed by atoms with Crippen LogP contribution in [-0.4, -0.2) is 18.7 Å². The molecule has 0 saturated carbocycles. The monoisotopic (exact) mass is 224 g/mol. The zero-order valence-electron chi connectivity index (χ0n) is 7.54. The summed E-state index contributed by atoms with van der Waals surface area (Å²) in [5.41, 5.74) is 6.81. The maximum absolute atomic E-state index is 10.5. The first-order valence-electron chi connectivity index (χ1n) is 4.06. The summed E-state index contributed by atoms with van der Waals surface area (Å²) in [4.78, 5) is 8.10. The molecule has 4 N–H and O–H groups in total. The number of aromatic nitrogens is 2. The van der Waals surface area contributed by atoms with Gasteiger partial charge in [-0.2, -0.15) is 0 Å². The van der Waals surface area contributed by atoms with E-state index >= 15 is 0 Å². The predicted molar refractivity (Wildman–Crippen MR) is 58.3 cm³/mol. The Morgan fingerprint density at radius 3 is 2.47 bits per heavy atom. The molecule has 0 spiro atoms. The Hall–Kier alpha value is -1.73. The number of benzene rings is 1. The van der Waals surface area contributed by atoms with Crippen LogP contribution in [0.2, 0.25) is 0 Å². The molecule has 0 bridgehead atoms. The molecule has 0 amide bonds. The van der Waals surface area contributed by atoms with Crippen LogP contribution in [0.4, 0.5) is 11.6 Å². The molecule has 0 fully saturated rings. The van der Waals surface area contributed by atoms with E-state index in [0.29, 0.717) is 11.0 Å². The highest BCUT2D eigenvalue weighted by atomic mass is 32.2. The number of hydrogen-bond donors (Lipinski definition) is 3. The van der Waals surface area contributed by atoms with Crippen LogP contribution < -0.4 is 10.5 Å². The Morgan fingerprint density at radius 1 is 1.27 bits per heavy atom. The van der Waals surface area contributed by atoms with Gasteiger partial charge in [0.25, 0.3) is 11.3 Å². The molecule has 6 nitrogen and oxygen atoms in total. The van der Waals surface area contributed by atoms with Gasteiger partial charge in [-0.3, -0.25) is 9.27 Å². The smallest absolute Gasteiger partial charge is 0.260 e. The molecule has 0 aliphatic carbocycles. The number of fused-ring (bicyclic) bond motifs is 1. The number of nitrogens with zero attached hydrogens (tertiary/aromatic N) is 2. The third-order valence-corrected chi connectivity index (χ3v) is 2.15. The van der Waals surface area contributed by atoms with Crippen molar-refractivity contribution >= 4 is 33.9 Å². The van der Waals surface area contributed by atoms with Gasteiger partial charge in [-0.1, -0.05) is 12.1 Å². The van der Waals surface area contributed by atoms with Gasteiger partial charge >= 0.3 is 0 Å². The average Bonchev–Trinajstić information content (AvgIpc) is 2.18. The molecule has 1 unspecified atom stereocenters. The van der Waals surface area contributed by atoms with Crippen molar-refractivity contribution in [1.82, 2.24) is 9.97 Å². The fourth-order valence-corrected chi connectivity index (χ4v) is 1.49. The molecule has 7 heteroatoms. The molecule has 1 aromatic heterocycles. The molecule has 2 aromatic rings. The second kappa shape index (κ2) is 3.79. The average molecular weight is 224 g/mol. The lowest BCUT2D eigenvalue weighted by molar-refractivity contribution is 0.570. The first-order valence-corrected chi connectivity index (χ1v) is 5.17. The van der Waals surface area contributed by atoms with E-state index in [1.807, 2.05) is 6.07 Å². The zero-order chi connectivity index (χ0) is 10.8. The highest BCUT2D eigenvalue weighted by Crippen LogP contribution is 2.18. The van der Waals surface area contributed by atoms with Crippen molar-refractivity contribution in [3.05, 3.63) is 24.3 Å². The van der Waals surface area contributed by atoms with Gasteiger partial charge in [0.05, 0.1) is 11.0 Å². The van der Waals surface area contributed by atoms with Crippen molar-refractivity contribution in [3.8, 4) is 0 Å². The lowest BCUT2D eigenvalue weighted by Gasteiger charge is -2.04. The summed E-state index contributed by atoms with van der Waals surface area (Å²) in [7, 11) is 0. The topological polar surface area (TPSA) is 101 Å². The quantitative estimate of drug-likeness (QED) is 0.654. The van der Waals surface area contributed by atoms with Gasteiger partial charge in [0.1, 0.15) is 0 Å². The van der Waals surface area contributed by atoms with Gasteiger partial charge in [-0.15, -0.1) is 0 Å². The molecule has 2 rings (SSSR count). The first kappa shape index (κ1) is 9.81. The number of hydrogen-bond acceptors (Lipinski definition) is 4. The van der Waals surface area contributed by atoms with Crippen molar-refractivity contribution in [2.24, 2.45) is 0 Å². The number of nitrogens with two attached hydrogens (primary N) is 1. The van der Waals surface area contributed by atoms with Crippen molar-refractivity contribution in [2.75, 3.05) is 10.5 Å². The molecular formula is C8H8N4O2S. The van der Waals surface area contributed by atoms with Gasteiger partial charge in [0, 0.05) is 0 Å². The van der Waals surface area contributed by atoms with E-state index in [9.17, 15) is 4.21 Å². The predicted octanol–water partition coefficient (Wildman–Crippen LogP) is 0.761. The Labute approximate surface area is 88.0 Å². The summed E-state index contributed by atoms with van der Waals surface area (Å²) in [5, 5.41) is 0. The van der Waals surface area contributed by atoms with Gasteiger partial charge in [-0.25, -0.2) is 14.2 Å². The van der Waals surface area contributed by atoms with E-state index in [2.05, 4.69) is 14.7 Å². The minimum absolute atomic E-state index is 0.0936. The van der Waals surface area contributed by atoms with Crippen LogP contribution in [0.5, 0.6) is 0 Å². The van der Waals surface area contributed by atoms with E-state index in [1.54, 1.807) is 18.2 Å². The van der Waals surface area contributed by atoms with Crippen molar-refractivity contribution < 1.29 is 8.76 Å². The summed E-state index contributed by atoms with van der Waals surface area (Å²) < 4.78 is 21.4. The van der Waals surface area contributed by atoms with Gasteiger partial charge in [0.15, 0.2) is 11.6 Å². The van der Waals surface area contributed by atoms with E-state index in [-0.39, 0.29) is 11.6 Å². The summed E-state index contributed by atoms with van der Waals surface area (Å²) in [6.07, 6.45) is 0. The molecule has 0 aliphatic rings. The van der Waals surface area contributed by atoms with Crippen molar-refractivity contribution in [1.29, 1.82) is 0 Å².